The fourth-order valence-corrected chi connectivity index (χ4v) is 8.55. The van der Waals surface area contributed by atoms with E-state index in [-0.39, 0.29) is 26.8 Å². The molecular weight excluding hydrogens is 779 g/mol. The number of unbranched alkanes of at least 4 members (excludes halogenated alkanes) is 2. The number of rotatable bonds is 20. The number of carbonyl (C=O) groups excluding carboxylic acids is 1. The molecule has 13 nitrogen and oxygen atoms in total. The highest BCUT2D eigenvalue weighted by Gasteiger charge is 2.45. The molecule has 0 fully saturated rings. The van der Waals surface area contributed by atoms with Crippen molar-refractivity contribution in [2.75, 3.05) is 31.1 Å². The molecule has 0 atom stereocenters. The van der Waals surface area contributed by atoms with Gasteiger partial charge in [-0.25, -0.2) is 0 Å². The van der Waals surface area contributed by atoms with Crippen LogP contribution < -0.4 is 10.2 Å². The van der Waals surface area contributed by atoms with Crippen LogP contribution in [-0.4, -0.2) is 60.3 Å². The molecule has 2 aliphatic heterocycles. The van der Waals surface area contributed by atoms with Crippen molar-refractivity contribution in [3.05, 3.63) is 152 Å². The molecule has 0 unspecified atom stereocenters. The van der Waals surface area contributed by atoms with Crippen LogP contribution in [0.2, 0.25) is 0 Å². The zero-order valence-corrected chi connectivity index (χ0v) is 36.0. The smallest absolute Gasteiger partial charge is 0.294 e. The molecule has 0 saturated heterocycles. The zero-order valence-electron chi connectivity index (χ0n) is 35.2. The summed E-state index contributed by atoms with van der Waals surface area (Å²) in [6, 6.07) is 18.1. The van der Waals surface area contributed by atoms with Gasteiger partial charge in [0, 0.05) is 84.0 Å². The van der Waals surface area contributed by atoms with Crippen LogP contribution in [-0.2, 0) is 32.2 Å². The van der Waals surface area contributed by atoms with E-state index >= 15 is 0 Å². The number of benzene rings is 3. The fourth-order valence-electron chi connectivity index (χ4n) is 8.04. The zero-order chi connectivity index (χ0) is 43.5. The van der Waals surface area contributed by atoms with E-state index in [1.54, 1.807) is 24.3 Å². The first-order chi connectivity index (χ1) is 28.5. The maximum absolute atomic E-state index is 12.3. The van der Waals surface area contributed by atoms with Gasteiger partial charge in [-0.15, -0.1) is 0 Å². The van der Waals surface area contributed by atoms with Crippen molar-refractivity contribution in [3.8, 4) is 0 Å². The second-order valence-electron chi connectivity index (χ2n) is 16.3. The van der Waals surface area contributed by atoms with Crippen molar-refractivity contribution in [2.24, 2.45) is 5.11 Å². The number of allylic oxidation sites excluding steroid dienone is 8. The fraction of sp³-hybridized carbons (Fsp3) is 0.391. The first kappa shape index (κ1) is 45.3. The predicted molar refractivity (Wildman–Crippen MR) is 238 cm³/mol. The lowest BCUT2D eigenvalue weighted by molar-refractivity contribution is -0.438. The van der Waals surface area contributed by atoms with Gasteiger partial charge >= 0.3 is 0 Å². The van der Waals surface area contributed by atoms with Crippen molar-refractivity contribution in [2.45, 2.75) is 95.3 Å². The van der Waals surface area contributed by atoms with Crippen molar-refractivity contribution in [1.82, 2.24) is 5.32 Å². The second-order valence-corrected chi connectivity index (χ2v) is 17.7. The largest absolute Gasteiger partial charge is 0.356 e. The van der Waals surface area contributed by atoms with Gasteiger partial charge in [0.05, 0.1) is 15.2 Å². The molecular formula is C46H56N7O6S+. The summed E-state index contributed by atoms with van der Waals surface area (Å²) in [6.45, 7) is 13.0. The Kier molecular flexibility index (Phi) is 15.1. The van der Waals surface area contributed by atoms with E-state index < -0.39 is 15.5 Å². The number of nitrogens with one attached hydrogen (secondary N) is 1. The third-order valence-corrected chi connectivity index (χ3v) is 12.1. The van der Waals surface area contributed by atoms with Gasteiger partial charge < -0.3 is 10.2 Å². The normalized spacial score (nSPS) is 16.2. The maximum atomic E-state index is 12.3. The molecule has 0 aliphatic carbocycles. The minimum absolute atomic E-state index is 0.0325. The number of carbonyl (C=O) groups is 1. The van der Waals surface area contributed by atoms with Crippen LogP contribution in [0.4, 0.5) is 17.1 Å². The second kappa shape index (κ2) is 20.0. The van der Waals surface area contributed by atoms with E-state index in [1.165, 1.54) is 28.6 Å². The molecule has 0 bridgehead atoms. The van der Waals surface area contributed by atoms with Crippen LogP contribution in [0.25, 0.3) is 10.4 Å². The summed E-state index contributed by atoms with van der Waals surface area (Å²) >= 11 is 0. The van der Waals surface area contributed by atoms with E-state index in [4.69, 9.17) is 5.53 Å². The number of amides is 1. The standard InChI is InChI=1S/C46H55N7O6S/c1-34-20-26-40-38(32-34)45(2,3)42(52(40)31-14-16-35-21-23-36(24-22-35)53(55)56)17-10-7-6-8-11-18-43-46(4,5)39-33-37(60(57,58)59)25-27-41(39)51(43)30-13-9-12-19-44(54)48-28-15-29-49-50-47/h6-8,10-11,17-18,20-27,32-33H,9,12-16,19,28-31H2,1-5H3,(H-,48,54,57,58,59)/p+1. The van der Waals surface area contributed by atoms with Crippen molar-refractivity contribution < 1.29 is 27.3 Å². The molecule has 316 valence electrons. The maximum Gasteiger partial charge on any atom is 0.294 e. The van der Waals surface area contributed by atoms with Crippen LogP contribution >= 0.6 is 0 Å². The molecule has 3 aromatic rings. The van der Waals surface area contributed by atoms with Gasteiger partial charge in [-0.05, 0) is 93.8 Å². The Morgan fingerprint density at radius 2 is 1.67 bits per heavy atom. The number of nitro groups is 1. The SMILES string of the molecule is Cc1ccc2c(c1)C(C)(C)C(=CC=CC=CC=CC1=[N+](CCCCCC(=O)NCCCN=[N+]=[N-])c3ccc(S(=O)(=O)O)cc3C1(C)C)N2CCCc1ccc([N+](=O)[O-])cc1. The Labute approximate surface area is 353 Å². The van der Waals surface area contributed by atoms with E-state index in [2.05, 4.69) is 75.9 Å². The Bertz CT molecular complexity index is 2390. The first-order valence-corrected chi connectivity index (χ1v) is 21.9. The molecule has 0 spiro atoms. The minimum Gasteiger partial charge on any atom is -0.356 e. The van der Waals surface area contributed by atoms with Gasteiger partial charge in [-0.3, -0.25) is 19.5 Å². The highest BCUT2D eigenvalue weighted by atomic mass is 32.2. The van der Waals surface area contributed by atoms with E-state index in [0.29, 0.717) is 38.9 Å². The predicted octanol–water partition coefficient (Wildman–Crippen LogP) is 9.89. The summed E-state index contributed by atoms with van der Waals surface area (Å²) < 4.78 is 36.2. The number of nitrogens with zero attached hydrogens (tertiary/aromatic N) is 6. The summed E-state index contributed by atoms with van der Waals surface area (Å²) in [7, 11) is -4.39. The minimum atomic E-state index is -4.39. The molecule has 5 rings (SSSR count). The third kappa shape index (κ3) is 11.1. The van der Waals surface area contributed by atoms with Crippen LogP contribution in [0.5, 0.6) is 0 Å². The van der Waals surface area contributed by atoms with Crippen LogP contribution in [0.1, 0.15) is 88.5 Å². The van der Waals surface area contributed by atoms with Gasteiger partial charge in [-0.2, -0.15) is 13.0 Å². The van der Waals surface area contributed by atoms with Crippen molar-refractivity contribution >= 4 is 38.8 Å². The average Bonchev–Trinajstić information content (AvgIpc) is 3.54. The number of hydrogen-bond donors (Lipinski definition) is 2. The molecule has 0 saturated carbocycles. The Balaban J connectivity index is 1.28. The van der Waals surface area contributed by atoms with E-state index in [0.717, 1.165) is 54.8 Å². The van der Waals surface area contributed by atoms with Crippen LogP contribution in [0.15, 0.2) is 119 Å². The van der Waals surface area contributed by atoms with Crippen molar-refractivity contribution in [1.29, 1.82) is 0 Å². The number of hydrogen-bond acceptors (Lipinski definition) is 7. The van der Waals surface area contributed by atoms with E-state index in [9.17, 15) is 27.9 Å². The van der Waals surface area contributed by atoms with Crippen LogP contribution in [0, 0.1) is 17.0 Å². The number of aryl methyl sites for hydroxylation is 2. The molecule has 0 radical (unpaired) electrons. The van der Waals surface area contributed by atoms with Gasteiger partial charge in [0.15, 0.2) is 5.71 Å². The van der Waals surface area contributed by atoms with Gasteiger partial charge in [0.2, 0.25) is 11.6 Å². The highest BCUT2D eigenvalue weighted by molar-refractivity contribution is 7.85. The molecule has 0 aromatic heterocycles. The topological polar surface area (TPSA) is 182 Å². The monoisotopic (exact) mass is 834 g/mol. The summed E-state index contributed by atoms with van der Waals surface area (Å²) in [5.74, 6) is -0.0325. The Hall–Kier alpha value is -5.82. The van der Waals surface area contributed by atoms with Gasteiger partial charge in [0.1, 0.15) is 6.54 Å². The molecule has 2 aliphatic rings. The van der Waals surface area contributed by atoms with Crippen LogP contribution in [0.3, 0.4) is 0 Å². The van der Waals surface area contributed by atoms with Crippen molar-refractivity contribution in [3.63, 3.8) is 0 Å². The van der Waals surface area contributed by atoms with E-state index in [1.807, 2.05) is 56.4 Å². The molecule has 3 aromatic carbocycles. The molecule has 60 heavy (non-hydrogen) atoms. The van der Waals surface area contributed by atoms with Gasteiger partial charge in [-0.1, -0.05) is 79.2 Å². The third-order valence-electron chi connectivity index (χ3n) is 11.3. The summed E-state index contributed by atoms with van der Waals surface area (Å²) in [6.07, 6.45) is 19.2. The molecule has 2 N–H and O–H groups in total. The highest BCUT2D eigenvalue weighted by Crippen LogP contribution is 2.48. The molecule has 2 heterocycles. The quantitative estimate of drug-likeness (QED) is 0.0131. The Morgan fingerprint density at radius 3 is 2.38 bits per heavy atom. The summed E-state index contributed by atoms with van der Waals surface area (Å²) in [4.78, 5) is 27.9. The average molecular weight is 835 g/mol. The lowest BCUT2D eigenvalue weighted by Gasteiger charge is -2.27. The lowest BCUT2D eigenvalue weighted by Crippen LogP contribution is -2.28. The summed E-state index contributed by atoms with van der Waals surface area (Å²) in [5, 5.41) is 17.4. The summed E-state index contributed by atoms with van der Waals surface area (Å²) in [5.41, 5.74) is 16.3. The van der Waals surface area contributed by atoms with Gasteiger partial charge in [0.25, 0.3) is 15.8 Å². The number of non-ortho nitro benzene ring substituents is 1. The number of nitro benzene ring substituents is 1. The molecule has 14 heteroatoms. The Morgan fingerprint density at radius 1 is 0.933 bits per heavy atom. The number of fused-ring (bicyclic) bond motifs is 2. The lowest BCUT2D eigenvalue weighted by atomic mass is 9.81. The first-order valence-electron chi connectivity index (χ1n) is 20.4. The number of azide groups is 1. The molecule has 1 amide bonds. The number of anilines is 1.